The first-order valence-corrected chi connectivity index (χ1v) is 6.80. The first kappa shape index (κ1) is 13.5. The maximum absolute atomic E-state index is 13.5. The van der Waals surface area contributed by atoms with E-state index in [-0.39, 0.29) is 5.82 Å². The third-order valence-electron chi connectivity index (χ3n) is 3.58. The summed E-state index contributed by atoms with van der Waals surface area (Å²) < 4.78 is 18.8. The Balaban J connectivity index is 1.74. The van der Waals surface area contributed by atoms with Crippen LogP contribution in [0.2, 0.25) is 0 Å². The van der Waals surface area contributed by atoms with Crippen molar-refractivity contribution in [2.24, 2.45) is 5.92 Å². The van der Waals surface area contributed by atoms with E-state index in [9.17, 15) is 4.39 Å². The van der Waals surface area contributed by atoms with Crippen molar-refractivity contribution < 1.29 is 9.13 Å². The van der Waals surface area contributed by atoms with Gasteiger partial charge in [0, 0.05) is 19.3 Å². The molecule has 3 heteroatoms. The summed E-state index contributed by atoms with van der Waals surface area (Å²) in [6.07, 6.45) is 3.02. The largest absolute Gasteiger partial charge is 0.381 e. The topological polar surface area (TPSA) is 21.3 Å². The molecule has 1 aromatic rings. The molecule has 1 fully saturated rings. The highest BCUT2D eigenvalue weighted by Gasteiger charge is 2.15. The number of hydrogen-bond acceptors (Lipinski definition) is 2. The summed E-state index contributed by atoms with van der Waals surface area (Å²) in [6, 6.07) is 7.33. The van der Waals surface area contributed by atoms with Crippen LogP contribution in [0.1, 0.15) is 25.3 Å². The average molecular weight is 251 g/mol. The second-order valence-electron chi connectivity index (χ2n) is 5.16. The van der Waals surface area contributed by atoms with Crippen LogP contribution in [-0.2, 0) is 11.2 Å². The Bertz CT molecular complexity index is 363. The minimum Gasteiger partial charge on any atom is -0.381 e. The van der Waals surface area contributed by atoms with Gasteiger partial charge < -0.3 is 10.1 Å². The molecule has 0 saturated carbocycles. The first-order chi connectivity index (χ1) is 8.75. The third-order valence-corrected chi connectivity index (χ3v) is 3.58. The fraction of sp³-hybridized carbons (Fsp3) is 0.600. The van der Waals surface area contributed by atoms with Crippen molar-refractivity contribution in [3.63, 3.8) is 0 Å². The molecule has 1 aliphatic rings. The SMILES string of the molecule is CC(Cc1ccccc1F)NCC1CCOCC1. The maximum Gasteiger partial charge on any atom is 0.126 e. The van der Waals surface area contributed by atoms with Gasteiger partial charge in [-0.2, -0.15) is 0 Å². The van der Waals surface area contributed by atoms with Crippen molar-refractivity contribution >= 4 is 0 Å². The smallest absolute Gasteiger partial charge is 0.126 e. The summed E-state index contributed by atoms with van der Waals surface area (Å²) in [5, 5.41) is 3.51. The Morgan fingerprint density at radius 2 is 2.06 bits per heavy atom. The summed E-state index contributed by atoms with van der Waals surface area (Å²) in [4.78, 5) is 0. The Labute approximate surface area is 109 Å². The van der Waals surface area contributed by atoms with E-state index in [1.165, 1.54) is 6.07 Å². The Kier molecular flexibility index (Phi) is 5.14. The van der Waals surface area contributed by atoms with E-state index in [2.05, 4.69) is 12.2 Å². The van der Waals surface area contributed by atoms with Crippen LogP contribution >= 0.6 is 0 Å². The van der Waals surface area contributed by atoms with E-state index in [4.69, 9.17) is 4.74 Å². The van der Waals surface area contributed by atoms with Crippen molar-refractivity contribution in [1.29, 1.82) is 0 Å². The van der Waals surface area contributed by atoms with Gasteiger partial charge in [0.1, 0.15) is 5.82 Å². The summed E-state index contributed by atoms with van der Waals surface area (Å²) in [7, 11) is 0. The molecular formula is C15H22FNO. The molecule has 1 heterocycles. The molecule has 0 aliphatic carbocycles. The zero-order valence-electron chi connectivity index (χ0n) is 11.0. The van der Waals surface area contributed by atoms with Crippen molar-refractivity contribution in [3.05, 3.63) is 35.6 Å². The van der Waals surface area contributed by atoms with Gasteiger partial charge in [-0.05, 0) is 50.3 Å². The summed E-state index contributed by atoms with van der Waals surface area (Å²) in [6.45, 7) is 4.90. The predicted octanol–water partition coefficient (Wildman–Crippen LogP) is 2.77. The lowest BCUT2D eigenvalue weighted by Crippen LogP contribution is -2.35. The van der Waals surface area contributed by atoms with Gasteiger partial charge in [0.2, 0.25) is 0 Å². The lowest BCUT2D eigenvalue weighted by Gasteiger charge is -2.24. The molecule has 0 radical (unpaired) electrons. The minimum absolute atomic E-state index is 0.0998. The van der Waals surface area contributed by atoms with Gasteiger partial charge in [-0.3, -0.25) is 0 Å². The van der Waals surface area contributed by atoms with Gasteiger partial charge in [0.05, 0.1) is 0 Å². The van der Waals surface area contributed by atoms with Gasteiger partial charge in [0.25, 0.3) is 0 Å². The van der Waals surface area contributed by atoms with Crippen LogP contribution in [0.5, 0.6) is 0 Å². The van der Waals surface area contributed by atoms with Crippen molar-refractivity contribution in [3.8, 4) is 0 Å². The second-order valence-corrected chi connectivity index (χ2v) is 5.16. The predicted molar refractivity (Wildman–Crippen MR) is 71.1 cm³/mol. The molecule has 2 nitrogen and oxygen atoms in total. The molecule has 1 aliphatic heterocycles. The lowest BCUT2D eigenvalue weighted by molar-refractivity contribution is 0.0656. The molecule has 1 atom stereocenters. The molecular weight excluding hydrogens is 229 g/mol. The van der Waals surface area contributed by atoms with Gasteiger partial charge >= 0.3 is 0 Å². The lowest BCUT2D eigenvalue weighted by atomic mass is 9.99. The zero-order chi connectivity index (χ0) is 12.8. The van der Waals surface area contributed by atoms with Gasteiger partial charge in [-0.25, -0.2) is 4.39 Å². The molecule has 1 unspecified atom stereocenters. The summed E-state index contributed by atoms with van der Waals surface area (Å²) in [5.41, 5.74) is 0.796. The van der Waals surface area contributed by atoms with E-state index in [0.717, 1.165) is 44.6 Å². The number of hydrogen-bond donors (Lipinski definition) is 1. The molecule has 100 valence electrons. The number of nitrogens with one attached hydrogen (secondary N) is 1. The Hall–Kier alpha value is -0.930. The minimum atomic E-state index is -0.0998. The molecule has 0 spiro atoms. The van der Waals surface area contributed by atoms with Crippen LogP contribution in [-0.4, -0.2) is 25.8 Å². The number of ether oxygens (including phenoxy) is 1. The normalized spacial score (nSPS) is 18.8. The van der Waals surface area contributed by atoms with Crippen molar-refractivity contribution in [1.82, 2.24) is 5.32 Å². The van der Waals surface area contributed by atoms with Gasteiger partial charge in [0.15, 0.2) is 0 Å². The average Bonchev–Trinajstić information content (AvgIpc) is 2.40. The first-order valence-electron chi connectivity index (χ1n) is 6.80. The maximum atomic E-state index is 13.5. The van der Waals surface area contributed by atoms with Crippen LogP contribution in [0.15, 0.2) is 24.3 Å². The second kappa shape index (κ2) is 6.86. The van der Waals surface area contributed by atoms with Crippen LogP contribution in [0.4, 0.5) is 4.39 Å². The number of benzene rings is 1. The zero-order valence-corrected chi connectivity index (χ0v) is 11.0. The van der Waals surface area contributed by atoms with Crippen LogP contribution in [0.3, 0.4) is 0 Å². The molecule has 0 bridgehead atoms. The standard InChI is InChI=1S/C15H22FNO/c1-12(10-14-4-2-3-5-15(14)16)17-11-13-6-8-18-9-7-13/h2-5,12-13,17H,6-11H2,1H3. The van der Waals surface area contributed by atoms with Crippen LogP contribution < -0.4 is 5.32 Å². The summed E-state index contributed by atoms with van der Waals surface area (Å²) >= 11 is 0. The molecule has 18 heavy (non-hydrogen) atoms. The molecule has 2 rings (SSSR count). The van der Waals surface area contributed by atoms with E-state index in [0.29, 0.717) is 12.0 Å². The fourth-order valence-corrected chi connectivity index (χ4v) is 2.38. The monoisotopic (exact) mass is 251 g/mol. The van der Waals surface area contributed by atoms with Gasteiger partial charge in [-0.15, -0.1) is 0 Å². The van der Waals surface area contributed by atoms with Crippen LogP contribution in [0.25, 0.3) is 0 Å². The highest BCUT2D eigenvalue weighted by atomic mass is 19.1. The van der Waals surface area contributed by atoms with Gasteiger partial charge in [-0.1, -0.05) is 18.2 Å². The van der Waals surface area contributed by atoms with E-state index in [1.54, 1.807) is 6.07 Å². The van der Waals surface area contributed by atoms with Crippen molar-refractivity contribution in [2.45, 2.75) is 32.2 Å². The van der Waals surface area contributed by atoms with Crippen LogP contribution in [0, 0.1) is 11.7 Å². The number of rotatable bonds is 5. The van der Waals surface area contributed by atoms with E-state index < -0.39 is 0 Å². The molecule has 0 aromatic heterocycles. The fourth-order valence-electron chi connectivity index (χ4n) is 2.38. The molecule has 1 saturated heterocycles. The van der Waals surface area contributed by atoms with E-state index in [1.807, 2.05) is 12.1 Å². The molecule has 1 aromatic carbocycles. The Morgan fingerprint density at radius 3 is 2.78 bits per heavy atom. The van der Waals surface area contributed by atoms with Crippen molar-refractivity contribution in [2.75, 3.05) is 19.8 Å². The third kappa shape index (κ3) is 4.07. The van der Waals surface area contributed by atoms with E-state index >= 15 is 0 Å². The highest BCUT2D eigenvalue weighted by Crippen LogP contribution is 2.14. The highest BCUT2D eigenvalue weighted by molar-refractivity contribution is 5.18. The Morgan fingerprint density at radius 1 is 1.33 bits per heavy atom. The molecule has 1 N–H and O–H groups in total. The quantitative estimate of drug-likeness (QED) is 0.869. The molecule has 0 amide bonds. The number of halogens is 1. The summed E-state index contributed by atoms with van der Waals surface area (Å²) in [5.74, 6) is 0.610.